The fourth-order valence-corrected chi connectivity index (χ4v) is 7.99. The molecule has 2 heteroatoms. The van der Waals surface area contributed by atoms with E-state index in [1.54, 1.807) is 12.3 Å². The van der Waals surface area contributed by atoms with Crippen LogP contribution in [0.4, 0.5) is 0 Å². The summed E-state index contributed by atoms with van der Waals surface area (Å²) in [5, 5.41) is 0. The Morgan fingerprint density at radius 3 is 1.50 bits per heavy atom. The highest BCUT2D eigenvalue weighted by molar-refractivity contribution is 8.33. The summed E-state index contributed by atoms with van der Waals surface area (Å²) in [5.74, 6) is 0. The second kappa shape index (κ2) is 3.14. The zero-order chi connectivity index (χ0) is 5.98. The Bertz CT molecular complexity index is 58.9. The molecule has 1 aliphatic rings. The Kier molecular flexibility index (Phi) is 2.73. The van der Waals surface area contributed by atoms with Gasteiger partial charge in [-0.3, -0.25) is 0 Å². The number of hydrogen-bond donors (Lipinski definition) is 0. The summed E-state index contributed by atoms with van der Waals surface area (Å²) in [6.07, 6.45) is 6.22. The van der Waals surface area contributed by atoms with Crippen LogP contribution in [0.1, 0.15) is 13.8 Å². The highest BCUT2D eigenvalue weighted by Crippen LogP contribution is 2.76. The van der Waals surface area contributed by atoms with E-state index in [0.29, 0.717) is 15.2 Å². The summed E-state index contributed by atoms with van der Waals surface area (Å²) in [7, 11) is 1.21. The van der Waals surface area contributed by atoms with Crippen molar-refractivity contribution < 1.29 is 0 Å². The van der Waals surface area contributed by atoms with Gasteiger partial charge in [0, 0.05) is 0 Å². The summed E-state index contributed by atoms with van der Waals surface area (Å²) in [4.78, 5) is 0. The van der Waals surface area contributed by atoms with E-state index in [2.05, 4.69) is 13.8 Å². The molecule has 1 fully saturated rings. The highest BCUT2D eigenvalue weighted by Gasteiger charge is 2.25. The molecule has 2 unspecified atom stereocenters. The van der Waals surface area contributed by atoms with E-state index >= 15 is 0 Å². The van der Waals surface area contributed by atoms with Crippen molar-refractivity contribution in [1.82, 2.24) is 0 Å². The van der Waals surface area contributed by atoms with Crippen molar-refractivity contribution in [3.8, 4) is 0 Å². The number of rotatable bonds is 2. The molecule has 0 spiro atoms. The lowest BCUT2D eigenvalue weighted by Crippen LogP contribution is -2.05. The number of hydrogen-bond acceptors (Lipinski definition) is 0. The molecule has 1 saturated heterocycles. The zero-order valence-electron chi connectivity index (χ0n) is 5.72. The molecule has 0 aromatic rings. The van der Waals surface area contributed by atoms with Crippen molar-refractivity contribution in [2.75, 3.05) is 24.6 Å². The SMILES string of the molecule is CCP1CCP1CC. The molecule has 0 N–H and O–H groups in total. The average molecular weight is 148 g/mol. The molecule has 8 heavy (non-hydrogen) atoms. The maximum atomic E-state index is 2.36. The van der Waals surface area contributed by atoms with Gasteiger partial charge in [-0.1, -0.05) is 29.1 Å². The first kappa shape index (κ1) is 6.97. The van der Waals surface area contributed by atoms with E-state index in [1.807, 2.05) is 0 Å². The molecule has 0 aliphatic carbocycles. The average Bonchev–Trinajstić information content (AvgIpc) is 1.66. The molecule has 0 saturated carbocycles. The largest absolute Gasteiger partial charge is 0.0809 e. The quantitative estimate of drug-likeness (QED) is 0.528. The second-order valence-electron chi connectivity index (χ2n) is 2.09. The van der Waals surface area contributed by atoms with Gasteiger partial charge in [0.25, 0.3) is 0 Å². The lowest BCUT2D eigenvalue weighted by molar-refractivity contribution is 1.37. The molecule has 0 amide bonds. The molecule has 1 rings (SSSR count). The minimum atomic E-state index is 0.606. The molecule has 0 aromatic heterocycles. The molecule has 1 heterocycles. The van der Waals surface area contributed by atoms with Crippen molar-refractivity contribution in [3.63, 3.8) is 0 Å². The monoisotopic (exact) mass is 148 g/mol. The Balaban J connectivity index is 2.16. The van der Waals surface area contributed by atoms with Gasteiger partial charge in [0.2, 0.25) is 0 Å². The predicted molar refractivity (Wildman–Crippen MR) is 44.7 cm³/mol. The summed E-state index contributed by atoms with van der Waals surface area (Å²) in [5.41, 5.74) is 0. The lowest BCUT2D eigenvalue weighted by atomic mass is 10.9. The standard InChI is InChI=1S/C6H14P2/c1-3-7-5-6-8(7)4-2/h3-6H2,1-2H3. The minimum Gasteiger partial charge on any atom is -0.0809 e. The lowest BCUT2D eigenvalue weighted by Gasteiger charge is -2.36. The Labute approximate surface area is 54.5 Å². The van der Waals surface area contributed by atoms with Gasteiger partial charge in [0.05, 0.1) is 0 Å². The van der Waals surface area contributed by atoms with Gasteiger partial charge in [-0.25, -0.2) is 0 Å². The first-order chi connectivity index (χ1) is 3.88. The third kappa shape index (κ3) is 1.23. The van der Waals surface area contributed by atoms with Crippen LogP contribution in [0.25, 0.3) is 0 Å². The first-order valence-corrected chi connectivity index (χ1v) is 7.51. The first-order valence-electron chi connectivity index (χ1n) is 3.38. The van der Waals surface area contributed by atoms with Gasteiger partial charge in [0.1, 0.15) is 0 Å². The summed E-state index contributed by atoms with van der Waals surface area (Å²) in [6, 6.07) is 0. The third-order valence-corrected chi connectivity index (χ3v) is 11.1. The molecule has 2 atom stereocenters. The van der Waals surface area contributed by atoms with Crippen LogP contribution < -0.4 is 0 Å². The molecular weight excluding hydrogens is 134 g/mol. The highest BCUT2D eigenvalue weighted by atomic mass is 32.1. The Hall–Kier alpha value is 0.860. The van der Waals surface area contributed by atoms with Crippen molar-refractivity contribution in [3.05, 3.63) is 0 Å². The molecule has 0 bridgehead atoms. The molecule has 0 aromatic carbocycles. The smallest absolute Gasteiger partial charge is 0.0244 e. The van der Waals surface area contributed by atoms with Crippen LogP contribution in [-0.4, -0.2) is 24.6 Å². The van der Waals surface area contributed by atoms with Crippen LogP contribution in [0, 0.1) is 0 Å². The van der Waals surface area contributed by atoms with Crippen LogP contribution in [0.3, 0.4) is 0 Å². The van der Waals surface area contributed by atoms with E-state index in [-0.39, 0.29) is 0 Å². The van der Waals surface area contributed by atoms with Gasteiger partial charge in [-0.05, 0) is 24.6 Å². The van der Waals surface area contributed by atoms with Gasteiger partial charge in [-0.15, -0.1) is 0 Å². The van der Waals surface area contributed by atoms with Crippen LogP contribution in [0.2, 0.25) is 0 Å². The van der Waals surface area contributed by atoms with Crippen LogP contribution in [0.5, 0.6) is 0 Å². The van der Waals surface area contributed by atoms with E-state index in [1.165, 1.54) is 12.3 Å². The van der Waals surface area contributed by atoms with Crippen molar-refractivity contribution in [1.29, 1.82) is 0 Å². The molecule has 0 radical (unpaired) electrons. The fourth-order valence-electron chi connectivity index (χ4n) is 1.10. The van der Waals surface area contributed by atoms with Gasteiger partial charge in [-0.2, -0.15) is 0 Å². The summed E-state index contributed by atoms with van der Waals surface area (Å²) in [6.45, 7) is 4.71. The molecule has 1 aliphatic heterocycles. The topological polar surface area (TPSA) is 0 Å². The molecule has 48 valence electrons. The Morgan fingerprint density at radius 2 is 1.38 bits per heavy atom. The maximum Gasteiger partial charge on any atom is -0.0244 e. The normalized spacial score (nSPS) is 36.8. The molecular formula is C6H14P2. The van der Waals surface area contributed by atoms with E-state index < -0.39 is 0 Å². The summed E-state index contributed by atoms with van der Waals surface area (Å²) < 4.78 is 0. The second-order valence-corrected chi connectivity index (χ2v) is 9.67. The summed E-state index contributed by atoms with van der Waals surface area (Å²) >= 11 is 0. The van der Waals surface area contributed by atoms with Crippen molar-refractivity contribution in [2.45, 2.75) is 13.8 Å². The van der Waals surface area contributed by atoms with Gasteiger partial charge < -0.3 is 0 Å². The fraction of sp³-hybridized carbons (Fsp3) is 1.00. The molecule has 0 nitrogen and oxygen atoms in total. The zero-order valence-corrected chi connectivity index (χ0v) is 7.51. The third-order valence-electron chi connectivity index (χ3n) is 1.75. The predicted octanol–water partition coefficient (Wildman–Crippen LogP) is 2.92. The van der Waals surface area contributed by atoms with Crippen LogP contribution in [0.15, 0.2) is 0 Å². The Morgan fingerprint density at radius 1 is 1.00 bits per heavy atom. The van der Waals surface area contributed by atoms with Crippen LogP contribution >= 0.6 is 15.2 Å². The maximum absolute atomic E-state index is 2.36. The van der Waals surface area contributed by atoms with E-state index in [9.17, 15) is 0 Å². The van der Waals surface area contributed by atoms with Crippen molar-refractivity contribution >= 4 is 15.2 Å². The van der Waals surface area contributed by atoms with Gasteiger partial charge in [0.15, 0.2) is 0 Å². The van der Waals surface area contributed by atoms with Crippen LogP contribution in [-0.2, 0) is 0 Å². The van der Waals surface area contributed by atoms with E-state index in [0.717, 1.165) is 0 Å². The van der Waals surface area contributed by atoms with Crippen molar-refractivity contribution in [2.24, 2.45) is 0 Å². The minimum absolute atomic E-state index is 0.606. The van der Waals surface area contributed by atoms with E-state index in [4.69, 9.17) is 0 Å². The van der Waals surface area contributed by atoms with Gasteiger partial charge >= 0.3 is 0 Å².